The van der Waals surface area contributed by atoms with Gasteiger partial charge >= 0.3 is 7.72 Å². The van der Waals surface area contributed by atoms with Gasteiger partial charge in [-0.1, -0.05) is 18.2 Å². The van der Waals surface area contributed by atoms with Gasteiger partial charge in [-0.3, -0.25) is 0 Å². The fraction of sp³-hybridized carbons (Fsp3) is 0.600. The summed E-state index contributed by atoms with van der Waals surface area (Å²) in [6.45, 7) is 2.19. The zero-order chi connectivity index (χ0) is 12.4. The Bertz CT molecular complexity index is 369. The molecule has 0 unspecified atom stereocenters. The maximum Gasteiger partial charge on any atom is 0.304 e. The SMILES string of the molecule is C[P+](OC1CCC1)(OC1CCC1)c1ccccc1. The van der Waals surface area contributed by atoms with Gasteiger partial charge in [0.2, 0.25) is 0 Å². The lowest BCUT2D eigenvalue weighted by atomic mass is 9.97. The van der Waals surface area contributed by atoms with E-state index in [0.717, 1.165) is 0 Å². The van der Waals surface area contributed by atoms with Gasteiger partial charge in [0.25, 0.3) is 0 Å². The molecule has 0 aliphatic heterocycles. The van der Waals surface area contributed by atoms with E-state index in [4.69, 9.17) is 9.05 Å². The lowest BCUT2D eigenvalue weighted by Gasteiger charge is -2.34. The molecule has 0 saturated heterocycles. The maximum atomic E-state index is 6.36. The highest BCUT2D eigenvalue weighted by Crippen LogP contribution is 2.61. The summed E-state index contributed by atoms with van der Waals surface area (Å²) in [6.07, 6.45) is 8.30. The molecule has 0 bridgehead atoms. The van der Waals surface area contributed by atoms with Gasteiger partial charge < -0.3 is 0 Å². The molecule has 2 saturated carbocycles. The highest BCUT2D eigenvalue weighted by atomic mass is 31.2. The zero-order valence-corrected chi connectivity index (χ0v) is 11.9. The van der Waals surface area contributed by atoms with E-state index in [0.29, 0.717) is 12.2 Å². The van der Waals surface area contributed by atoms with Gasteiger partial charge in [0.1, 0.15) is 18.9 Å². The Hall–Kier alpha value is -0.430. The summed E-state index contributed by atoms with van der Waals surface area (Å²) in [5.74, 6) is 0. The smallest absolute Gasteiger partial charge is 0.198 e. The first-order valence-corrected chi connectivity index (χ1v) is 9.12. The van der Waals surface area contributed by atoms with Crippen LogP contribution in [0.5, 0.6) is 0 Å². The van der Waals surface area contributed by atoms with Crippen LogP contribution in [0.25, 0.3) is 0 Å². The van der Waals surface area contributed by atoms with Crippen LogP contribution in [0.3, 0.4) is 0 Å². The molecule has 0 aromatic heterocycles. The average Bonchev–Trinajstić information content (AvgIpc) is 2.30. The van der Waals surface area contributed by atoms with E-state index in [1.54, 1.807) is 0 Å². The molecule has 3 heteroatoms. The second-order valence-corrected chi connectivity index (χ2v) is 8.13. The van der Waals surface area contributed by atoms with E-state index in [9.17, 15) is 0 Å². The molecule has 0 amide bonds. The van der Waals surface area contributed by atoms with Gasteiger partial charge in [0.15, 0.2) is 5.30 Å². The van der Waals surface area contributed by atoms with Crippen LogP contribution >= 0.6 is 7.72 Å². The predicted octanol–water partition coefficient (Wildman–Crippen LogP) is 3.93. The minimum absolute atomic E-state index is 0.434. The normalized spacial score (nSPS) is 21.4. The first-order valence-electron chi connectivity index (χ1n) is 7.05. The molecule has 3 rings (SSSR count). The van der Waals surface area contributed by atoms with Crippen molar-refractivity contribution in [3.63, 3.8) is 0 Å². The monoisotopic (exact) mass is 265 g/mol. The molecule has 0 heterocycles. The second kappa shape index (κ2) is 5.28. The Kier molecular flexibility index (Phi) is 3.70. The van der Waals surface area contributed by atoms with Crippen molar-refractivity contribution in [1.82, 2.24) is 0 Å². The van der Waals surface area contributed by atoms with Crippen molar-refractivity contribution in [3.8, 4) is 0 Å². The van der Waals surface area contributed by atoms with E-state index in [1.807, 2.05) is 0 Å². The Morgan fingerprint density at radius 2 is 1.39 bits per heavy atom. The topological polar surface area (TPSA) is 18.5 Å². The summed E-state index contributed by atoms with van der Waals surface area (Å²) in [4.78, 5) is 0. The van der Waals surface area contributed by atoms with Gasteiger partial charge in [-0.05, 0) is 50.7 Å². The molecule has 0 N–H and O–H groups in total. The summed E-state index contributed by atoms with van der Waals surface area (Å²) < 4.78 is 12.7. The van der Waals surface area contributed by atoms with Crippen molar-refractivity contribution in [2.75, 3.05) is 6.66 Å². The largest absolute Gasteiger partial charge is 0.304 e. The van der Waals surface area contributed by atoms with Crippen molar-refractivity contribution < 1.29 is 9.05 Å². The molecule has 18 heavy (non-hydrogen) atoms. The Morgan fingerprint density at radius 3 is 1.78 bits per heavy atom. The molecule has 2 nitrogen and oxygen atoms in total. The van der Waals surface area contributed by atoms with Crippen molar-refractivity contribution in [2.45, 2.75) is 50.7 Å². The van der Waals surface area contributed by atoms with Gasteiger partial charge in [-0.15, -0.1) is 0 Å². The van der Waals surface area contributed by atoms with Crippen molar-refractivity contribution >= 4 is 13.0 Å². The number of benzene rings is 1. The fourth-order valence-corrected chi connectivity index (χ4v) is 4.93. The lowest BCUT2D eigenvalue weighted by Crippen LogP contribution is -2.31. The predicted molar refractivity (Wildman–Crippen MR) is 76.4 cm³/mol. The standard InChI is InChI=1S/C15H22O2P/c1-18(16-13-7-5-8-13,17-14-9-6-10-14)15-11-3-2-4-12-15/h2-4,11-14H,5-10H2,1H3/q+1. The third kappa shape index (κ3) is 2.61. The molecule has 1 aromatic carbocycles. The molecule has 2 aliphatic rings. The van der Waals surface area contributed by atoms with Gasteiger partial charge in [0.05, 0.1) is 0 Å². The van der Waals surface area contributed by atoms with Crippen LogP contribution in [0, 0.1) is 0 Å². The van der Waals surface area contributed by atoms with Crippen LogP contribution in [0.15, 0.2) is 30.3 Å². The van der Waals surface area contributed by atoms with Gasteiger partial charge in [-0.25, -0.2) is 0 Å². The first-order chi connectivity index (χ1) is 8.76. The molecular formula is C15H22O2P+. The Balaban J connectivity index is 1.76. The summed E-state index contributed by atoms with van der Waals surface area (Å²) in [5, 5.41) is 1.25. The van der Waals surface area contributed by atoms with Crippen molar-refractivity contribution in [2.24, 2.45) is 0 Å². The van der Waals surface area contributed by atoms with E-state index in [2.05, 4.69) is 37.0 Å². The van der Waals surface area contributed by atoms with Crippen LogP contribution in [-0.4, -0.2) is 18.9 Å². The summed E-state index contributed by atoms with van der Waals surface area (Å²) in [6, 6.07) is 10.5. The average molecular weight is 265 g/mol. The molecule has 2 aliphatic carbocycles. The number of hydrogen-bond donors (Lipinski definition) is 0. The van der Waals surface area contributed by atoms with Crippen LogP contribution in [0.1, 0.15) is 38.5 Å². The number of hydrogen-bond acceptors (Lipinski definition) is 2. The number of rotatable bonds is 5. The molecule has 0 radical (unpaired) electrons. The van der Waals surface area contributed by atoms with E-state index < -0.39 is 7.72 Å². The zero-order valence-electron chi connectivity index (χ0n) is 11.0. The van der Waals surface area contributed by atoms with Gasteiger partial charge in [0, 0.05) is 0 Å². The van der Waals surface area contributed by atoms with Gasteiger partial charge in [-0.2, -0.15) is 9.05 Å². The van der Waals surface area contributed by atoms with Crippen molar-refractivity contribution in [3.05, 3.63) is 30.3 Å². The summed E-state index contributed by atoms with van der Waals surface area (Å²) in [7, 11) is -1.86. The van der Waals surface area contributed by atoms with E-state index >= 15 is 0 Å². The Labute approximate surface area is 110 Å². The summed E-state index contributed by atoms with van der Waals surface area (Å²) >= 11 is 0. The maximum absolute atomic E-state index is 6.36. The molecule has 1 aromatic rings. The van der Waals surface area contributed by atoms with E-state index in [-0.39, 0.29) is 0 Å². The van der Waals surface area contributed by atoms with Crippen molar-refractivity contribution in [1.29, 1.82) is 0 Å². The summed E-state index contributed by atoms with van der Waals surface area (Å²) in [5.41, 5.74) is 0. The van der Waals surface area contributed by atoms with Crippen LogP contribution in [0.2, 0.25) is 0 Å². The Morgan fingerprint density at radius 1 is 0.889 bits per heavy atom. The first kappa shape index (κ1) is 12.6. The molecule has 0 atom stereocenters. The fourth-order valence-electron chi connectivity index (χ4n) is 2.37. The van der Waals surface area contributed by atoms with E-state index in [1.165, 1.54) is 43.8 Å². The van der Waals surface area contributed by atoms with Crippen LogP contribution < -0.4 is 5.30 Å². The molecule has 2 fully saturated rings. The minimum atomic E-state index is -1.86. The highest BCUT2D eigenvalue weighted by molar-refractivity contribution is 7.73. The molecule has 98 valence electrons. The van der Waals surface area contributed by atoms with Crippen LogP contribution in [-0.2, 0) is 9.05 Å². The highest BCUT2D eigenvalue weighted by Gasteiger charge is 2.46. The third-order valence-electron chi connectivity index (χ3n) is 4.03. The molecular weight excluding hydrogens is 243 g/mol. The lowest BCUT2D eigenvalue weighted by molar-refractivity contribution is 0.0655. The quantitative estimate of drug-likeness (QED) is 0.751. The second-order valence-electron chi connectivity index (χ2n) is 5.50. The minimum Gasteiger partial charge on any atom is -0.198 e. The van der Waals surface area contributed by atoms with Crippen LogP contribution in [0.4, 0.5) is 0 Å². The third-order valence-corrected chi connectivity index (χ3v) is 6.67. The molecule has 0 spiro atoms.